The highest BCUT2D eigenvalue weighted by Gasteiger charge is 2.60. The molecule has 1 amide bonds. The third kappa shape index (κ3) is 2.69. The summed E-state index contributed by atoms with van der Waals surface area (Å²) in [4.78, 5) is 26.4. The molecule has 3 aliphatic carbocycles. The Balaban J connectivity index is 1.60. The largest absolute Gasteiger partial charge is 0.469 e. The number of methoxy groups -OCH3 is 1. The van der Waals surface area contributed by atoms with E-state index in [0.717, 1.165) is 25.3 Å². The van der Waals surface area contributed by atoms with Crippen LogP contribution in [0.4, 0.5) is 0 Å². The first-order valence-electron chi connectivity index (χ1n) is 10.9. The summed E-state index contributed by atoms with van der Waals surface area (Å²) in [5.41, 5.74) is 0.381. The van der Waals surface area contributed by atoms with Crippen molar-refractivity contribution in [1.82, 2.24) is 4.90 Å². The second-order valence-electron chi connectivity index (χ2n) is 9.89. The first-order chi connectivity index (χ1) is 12.8. The fourth-order valence-corrected chi connectivity index (χ4v) is 7.70. The van der Waals surface area contributed by atoms with Gasteiger partial charge in [0.15, 0.2) is 0 Å². The van der Waals surface area contributed by atoms with Crippen LogP contribution in [0.3, 0.4) is 0 Å². The van der Waals surface area contributed by atoms with Gasteiger partial charge >= 0.3 is 5.97 Å². The van der Waals surface area contributed by atoms with E-state index in [4.69, 9.17) is 4.74 Å². The van der Waals surface area contributed by atoms with E-state index in [-0.39, 0.29) is 22.7 Å². The highest BCUT2D eigenvalue weighted by molar-refractivity contribution is 5.89. The zero-order valence-electron chi connectivity index (χ0n) is 17.4. The molecule has 1 aliphatic heterocycles. The van der Waals surface area contributed by atoms with Gasteiger partial charge in [-0.15, -0.1) is 0 Å². The zero-order chi connectivity index (χ0) is 19.4. The van der Waals surface area contributed by atoms with Crippen LogP contribution in [0.2, 0.25) is 0 Å². The van der Waals surface area contributed by atoms with Gasteiger partial charge in [0.05, 0.1) is 7.11 Å². The maximum Gasteiger partial charge on any atom is 0.305 e. The number of carbonyl (C=O) groups excluding carboxylic acids is 2. The first-order valence-corrected chi connectivity index (χ1v) is 10.9. The van der Waals surface area contributed by atoms with E-state index >= 15 is 0 Å². The fraction of sp³-hybridized carbons (Fsp3) is 0.826. The normalized spacial score (nSPS) is 45.9. The molecule has 0 saturated heterocycles. The molecular weight excluding hydrogens is 338 g/mol. The minimum atomic E-state index is -0.0491. The number of esters is 1. The Morgan fingerprint density at radius 1 is 1.19 bits per heavy atom. The third-order valence-electron chi connectivity index (χ3n) is 9.15. The minimum Gasteiger partial charge on any atom is -0.469 e. The Morgan fingerprint density at radius 3 is 2.67 bits per heavy atom. The van der Waals surface area contributed by atoms with E-state index in [2.05, 4.69) is 31.7 Å². The van der Waals surface area contributed by atoms with Crippen molar-refractivity contribution >= 4 is 11.9 Å². The number of fused-ring (bicyclic) bond motifs is 5. The maximum absolute atomic E-state index is 12.4. The van der Waals surface area contributed by atoms with Crippen LogP contribution in [0.15, 0.2) is 12.2 Å². The molecule has 0 spiro atoms. The number of likely N-dealkylation sites (N-methyl/N-ethyl adjacent to an activating group) is 1. The highest BCUT2D eigenvalue weighted by Crippen LogP contribution is 2.66. The lowest BCUT2D eigenvalue weighted by Crippen LogP contribution is -2.60. The van der Waals surface area contributed by atoms with E-state index in [0.29, 0.717) is 30.2 Å². The van der Waals surface area contributed by atoms with Gasteiger partial charge in [-0.25, -0.2) is 0 Å². The molecule has 0 aromatic carbocycles. The Morgan fingerprint density at radius 2 is 1.96 bits per heavy atom. The lowest BCUT2D eigenvalue weighted by atomic mass is 9.47. The molecule has 0 radical (unpaired) electrons. The predicted octanol–water partition coefficient (Wildman–Crippen LogP) is 4.20. The number of carbonyl (C=O) groups is 2. The summed E-state index contributed by atoms with van der Waals surface area (Å²) in [5, 5.41) is 0. The summed E-state index contributed by atoms with van der Waals surface area (Å²) in [6.07, 6.45) is 11.9. The van der Waals surface area contributed by atoms with Crippen molar-refractivity contribution in [2.45, 2.75) is 71.8 Å². The zero-order valence-corrected chi connectivity index (χ0v) is 17.4. The second-order valence-corrected chi connectivity index (χ2v) is 9.89. The molecule has 4 rings (SSSR count). The molecular formula is C23H35NO3. The van der Waals surface area contributed by atoms with Crippen LogP contribution < -0.4 is 0 Å². The average Bonchev–Trinajstić information content (AvgIpc) is 2.98. The van der Waals surface area contributed by atoms with Gasteiger partial charge < -0.3 is 9.64 Å². The van der Waals surface area contributed by atoms with Crippen LogP contribution in [0.5, 0.6) is 0 Å². The van der Waals surface area contributed by atoms with Crippen LogP contribution in [0.1, 0.15) is 65.7 Å². The molecule has 4 aliphatic rings. The number of amides is 1. The average molecular weight is 374 g/mol. The van der Waals surface area contributed by atoms with Crippen LogP contribution in [-0.4, -0.2) is 36.5 Å². The Kier molecular flexibility index (Phi) is 4.67. The van der Waals surface area contributed by atoms with Crippen molar-refractivity contribution in [2.24, 2.45) is 34.5 Å². The molecule has 0 aromatic heterocycles. The number of hydrogen-bond donors (Lipinski definition) is 0. The molecule has 150 valence electrons. The molecule has 3 saturated carbocycles. The van der Waals surface area contributed by atoms with E-state index in [9.17, 15) is 9.59 Å². The van der Waals surface area contributed by atoms with Gasteiger partial charge in [-0.05, 0) is 80.6 Å². The van der Waals surface area contributed by atoms with Crippen LogP contribution in [0, 0.1) is 34.5 Å². The van der Waals surface area contributed by atoms with Gasteiger partial charge in [0.2, 0.25) is 5.91 Å². The predicted molar refractivity (Wildman–Crippen MR) is 105 cm³/mol. The van der Waals surface area contributed by atoms with Gasteiger partial charge in [0.25, 0.3) is 0 Å². The Labute approximate surface area is 163 Å². The summed E-state index contributed by atoms with van der Waals surface area (Å²) in [6, 6.07) is 0.359. The molecule has 4 heteroatoms. The van der Waals surface area contributed by atoms with Crippen molar-refractivity contribution in [2.75, 3.05) is 13.7 Å². The maximum atomic E-state index is 12.4. The molecule has 1 heterocycles. The Hall–Kier alpha value is -1.32. The van der Waals surface area contributed by atoms with E-state index in [1.807, 2.05) is 6.08 Å². The standard InChI is InChI=1S/C23H35NO3/c1-5-24-19-9-7-16-17-8-6-15(14-21(26)27-4)22(17,2)12-10-18(16)23(19,3)13-11-20(24)25/h11,13,15-19H,5-10,12,14H2,1-4H3/t15-,16?,17+,18?,19-,22-,23-/m1/s1. The van der Waals surface area contributed by atoms with E-state index < -0.39 is 0 Å². The van der Waals surface area contributed by atoms with Gasteiger partial charge in [0, 0.05) is 24.4 Å². The number of rotatable bonds is 3. The van der Waals surface area contributed by atoms with Crippen molar-refractivity contribution in [3.63, 3.8) is 0 Å². The summed E-state index contributed by atoms with van der Waals surface area (Å²) < 4.78 is 4.98. The van der Waals surface area contributed by atoms with Crippen molar-refractivity contribution < 1.29 is 14.3 Å². The van der Waals surface area contributed by atoms with Crippen molar-refractivity contribution in [1.29, 1.82) is 0 Å². The molecule has 7 atom stereocenters. The number of hydrogen-bond acceptors (Lipinski definition) is 3. The molecule has 0 bridgehead atoms. The minimum absolute atomic E-state index is 0.0491. The van der Waals surface area contributed by atoms with Crippen molar-refractivity contribution in [3.05, 3.63) is 12.2 Å². The lowest BCUT2D eigenvalue weighted by Gasteiger charge is -2.60. The fourth-order valence-electron chi connectivity index (χ4n) is 7.70. The lowest BCUT2D eigenvalue weighted by molar-refractivity contribution is -0.145. The second kappa shape index (κ2) is 6.63. The van der Waals surface area contributed by atoms with Crippen molar-refractivity contribution in [3.8, 4) is 0 Å². The molecule has 0 N–H and O–H groups in total. The third-order valence-corrected chi connectivity index (χ3v) is 9.15. The summed E-state index contributed by atoms with van der Waals surface area (Å²) in [6.45, 7) is 7.77. The molecule has 0 aromatic rings. The first kappa shape index (κ1) is 19.0. The number of ether oxygens (including phenoxy) is 1. The van der Waals surface area contributed by atoms with Gasteiger partial charge in [-0.3, -0.25) is 9.59 Å². The molecule has 27 heavy (non-hydrogen) atoms. The molecule has 3 fully saturated rings. The molecule has 2 unspecified atom stereocenters. The summed E-state index contributed by atoms with van der Waals surface area (Å²) in [5.74, 6) is 2.71. The number of nitrogens with zero attached hydrogens (tertiary/aromatic N) is 1. The summed E-state index contributed by atoms with van der Waals surface area (Å²) in [7, 11) is 1.51. The van der Waals surface area contributed by atoms with Crippen LogP contribution in [-0.2, 0) is 14.3 Å². The van der Waals surface area contributed by atoms with E-state index in [1.54, 1.807) is 0 Å². The smallest absolute Gasteiger partial charge is 0.305 e. The highest BCUT2D eigenvalue weighted by atomic mass is 16.5. The SMILES string of the molecule is CCN1C(=O)C=C[C@]2(C)C3CC[C@]4(C)[C@@H](CC(=O)OC)CC[C@H]4C3CC[C@@H]12. The molecule has 4 nitrogen and oxygen atoms in total. The van der Waals surface area contributed by atoms with Gasteiger partial charge in [-0.2, -0.15) is 0 Å². The Bertz CT molecular complexity index is 658. The van der Waals surface area contributed by atoms with Gasteiger partial charge in [-0.1, -0.05) is 19.9 Å². The summed E-state index contributed by atoms with van der Waals surface area (Å²) >= 11 is 0. The van der Waals surface area contributed by atoms with E-state index in [1.165, 1.54) is 32.8 Å². The monoisotopic (exact) mass is 373 g/mol. The van der Waals surface area contributed by atoms with Crippen LogP contribution in [0.25, 0.3) is 0 Å². The van der Waals surface area contributed by atoms with Gasteiger partial charge in [0.1, 0.15) is 0 Å². The van der Waals surface area contributed by atoms with Crippen LogP contribution >= 0.6 is 0 Å². The quantitative estimate of drug-likeness (QED) is 0.697. The topological polar surface area (TPSA) is 46.6 Å².